The fourth-order valence-electron chi connectivity index (χ4n) is 2.37. The third-order valence-electron chi connectivity index (χ3n) is 3.83. The minimum absolute atomic E-state index is 0.148. The van der Waals surface area contributed by atoms with Crippen molar-refractivity contribution in [2.75, 3.05) is 38.0 Å². The Kier molecular flexibility index (Phi) is 4.78. The summed E-state index contributed by atoms with van der Waals surface area (Å²) in [7, 11) is 7.67. The number of aromatic nitrogens is 2. The SMILES string of the molecule is CN(C)c1cc(N(C)C)nc(-c2sc(-c3ccc(C#N)cc3)cc2O)n1. The van der Waals surface area contributed by atoms with Gasteiger partial charge in [0.15, 0.2) is 5.82 Å². The van der Waals surface area contributed by atoms with Gasteiger partial charge in [-0.3, -0.25) is 0 Å². The molecular weight excluding hydrogens is 346 g/mol. The molecule has 0 atom stereocenters. The molecule has 0 spiro atoms. The van der Waals surface area contributed by atoms with Crippen LogP contribution in [0, 0.1) is 11.3 Å². The van der Waals surface area contributed by atoms with E-state index in [2.05, 4.69) is 16.0 Å². The summed E-state index contributed by atoms with van der Waals surface area (Å²) in [6.45, 7) is 0. The minimum Gasteiger partial charge on any atom is -0.506 e. The number of hydrogen-bond acceptors (Lipinski definition) is 7. The van der Waals surface area contributed by atoms with Crippen LogP contribution in [0.5, 0.6) is 5.75 Å². The van der Waals surface area contributed by atoms with E-state index < -0.39 is 0 Å². The summed E-state index contributed by atoms with van der Waals surface area (Å²) in [5.41, 5.74) is 1.54. The molecule has 2 heterocycles. The van der Waals surface area contributed by atoms with E-state index in [0.717, 1.165) is 22.1 Å². The van der Waals surface area contributed by atoms with Gasteiger partial charge in [-0.25, -0.2) is 9.97 Å². The molecule has 2 aromatic heterocycles. The van der Waals surface area contributed by atoms with E-state index in [1.165, 1.54) is 11.3 Å². The highest BCUT2D eigenvalue weighted by Crippen LogP contribution is 2.41. The van der Waals surface area contributed by atoms with Crippen molar-refractivity contribution in [1.82, 2.24) is 9.97 Å². The molecule has 0 unspecified atom stereocenters. The summed E-state index contributed by atoms with van der Waals surface area (Å²) in [4.78, 5) is 14.5. The third-order valence-corrected chi connectivity index (χ3v) is 5.00. The Morgan fingerprint density at radius 2 is 1.54 bits per heavy atom. The summed E-state index contributed by atoms with van der Waals surface area (Å²) < 4.78 is 0. The zero-order valence-corrected chi connectivity index (χ0v) is 15.9. The van der Waals surface area contributed by atoms with E-state index in [4.69, 9.17) is 5.26 Å². The molecule has 0 fully saturated rings. The lowest BCUT2D eigenvalue weighted by atomic mass is 10.1. The Hall–Kier alpha value is -3.11. The summed E-state index contributed by atoms with van der Waals surface area (Å²) >= 11 is 1.43. The second kappa shape index (κ2) is 7.02. The van der Waals surface area contributed by atoms with Gasteiger partial charge in [-0.15, -0.1) is 11.3 Å². The van der Waals surface area contributed by atoms with Crippen molar-refractivity contribution >= 4 is 23.0 Å². The monoisotopic (exact) mass is 365 g/mol. The standard InChI is InChI=1S/C19H19N5OS/c1-23(2)16-10-17(24(3)4)22-19(21-16)18-14(25)9-15(26-18)13-7-5-12(11-20)6-8-13/h5-10,25H,1-4H3. The normalized spacial score (nSPS) is 10.4. The van der Waals surface area contributed by atoms with Gasteiger partial charge in [0.2, 0.25) is 0 Å². The Balaban J connectivity index is 2.07. The fourth-order valence-corrected chi connectivity index (χ4v) is 3.37. The first-order chi connectivity index (χ1) is 12.4. The van der Waals surface area contributed by atoms with Gasteiger partial charge in [0.05, 0.1) is 11.6 Å². The molecule has 0 saturated carbocycles. The molecule has 1 N–H and O–H groups in total. The van der Waals surface area contributed by atoms with E-state index in [1.807, 2.05) is 56.2 Å². The lowest BCUT2D eigenvalue weighted by Gasteiger charge is -2.17. The van der Waals surface area contributed by atoms with E-state index in [9.17, 15) is 5.11 Å². The Bertz CT molecular complexity index is 944. The molecule has 3 aromatic rings. The second-order valence-corrected chi connectivity index (χ2v) is 7.26. The Morgan fingerprint density at radius 1 is 0.962 bits per heavy atom. The van der Waals surface area contributed by atoms with Gasteiger partial charge >= 0.3 is 0 Å². The highest BCUT2D eigenvalue weighted by molar-refractivity contribution is 7.19. The molecule has 3 rings (SSSR count). The van der Waals surface area contributed by atoms with Crippen LogP contribution in [-0.4, -0.2) is 43.3 Å². The molecule has 0 aliphatic carbocycles. The van der Waals surface area contributed by atoms with Gasteiger partial charge in [-0.2, -0.15) is 5.26 Å². The number of rotatable bonds is 4. The maximum Gasteiger partial charge on any atom is 0.177 e. The van der Waals surface area contributed by atoms with Crippen molar-refractivity contribution in [3.8, 4) is 33.0 Å². The van der Waals surface area contributed by atoms with Gasteiger partial charge in [0, 0.05) is 39.1 Å². The number of anilines is 2. The molecule has 132 valence electrons. The maximum absolute atomic E-state index is 10.5. The topological polar surface area (TPSA) is 76.3 Å². The van der Waals surface area contributed by atoms with Crippen LogP contribution in [0.15, 0.2) is 36.4 Å². The molecule has 1 aromatic carbocycles. The van der Waals surface area contributed by atoms with Crippen molar-refractivity contribution in [3.05, 3.63) is 42.0 Å². The highest BCUT2D eigenvalue weighted by Gasteiger charge is 2.17. The van der Waals surface area contributed by atoms with Crippen molar-refractivity contribution in [2.45, 2.75) is 0 Å². The molecule has 0 aliphatic rings. The van der Waals surface area contributed by atoms with Crippen molar-refractivity contribution in [2.24, 2.45) is 0 Å². The van der Waals surface area contributed by atoms with Gasteiger partial charge in [0.25, 0.3) is 0 Å². The molecule has 0 radical (unpaired) electrons. The zero-order chi connectivity index (χ0) is 18.8. The van der Waals surface area contributed by atoms with Crippen LogP contribution in [0.2, 0.25) is 0 Å². The van der Waals surface area contributed by atoms with Crippen molar-refractivity contribution < 1.29 is 5.11 Å². The van der Waals surface area contributed by atoms with Crippen LogP contribution >= 0.6 is 11.3 Å². The van der Waals surface area contributed by atoms with Crippen molar-refractivity contribution in [1.29, 1.82) is 5.26 Å². The summed E-state index contributed by atoms with van der Waals surface area (Å²) in [5.74, 6) is 2.18. The van der Waals surface area contributed by atoms with E-state index in [-0.39, 0.29) is 5.75 Å². The second-order valence-electron chi connectivity index (χ2n) is 6.21. The molecule has 0 bridgehead atoms. The van der Waals surface area contributed by atoms with Crippen LogP contribution in [0.3, 0.4) is 0 Å². The van der Waals surface area contributed by atoms with Crippen LogP contribution in [-0.2, 0) is 0 Å². The third kappa shape index (κ3) is 3.46. The molecule has 0 amide bonds. The van der Waals surface area contributed by atoms with E-state index >= 15 is 0 Å². The molecular formula is C19H19N5OS. The van der Waals surface area contributed by atoms with Crippen LogP contribution in [0.1, 0.15) is 5.56 Å². The summed E-state index contributed by atoms with van der Waals surface area (Å²) in [5, 5.41) is 19.4. The molecule has 0 saturated heterocycles. The first-order valence-corrected chi connectivity index (χ1v) is 8.78. The number of hydrogen-bond donors (Lipinski definition) is 1. The fraction of sp³-hybridized carbons (Fsp3) is 0.211. The number of benzene rings is 1. The number of thiophene rings is 1. The zero-order valence-electron chi connectivity index (χ0n) is 15.1. The first-order valence-electron chi connectivity index (χ1n) is 7.96. The Morgan fingerprint density at radius 3 is 2.04 bits per heavy atom. The highest BCUT2D eigenvalue weighted by atomic mass is 32.1. The average Bonchev–Trinajstić information content (AvgIpc) is 3.03. The van der Waals surface area contributed by atoms with E-state index in [0.29, 0.717) is 16.3 Å². The molecule has 6 nitrogen and oxygen atoms in total. The quantitative estimate of drug-likeness (QED) is 0.761. The van der Waals surface area contributed by atoms with Gasteiger partial charge in [-0.1, -0.05) is 12.1 Å². The number of nitrogens with zero attached hydrogens (tertiary/aromatic N) is 5. The predicted molar refractivity (Wildman–Crippen MR) is 106 cm³/mol. The van der Waals surface area contributed by atoms with Crippen LogP contribution in [0.4, 0.5) is 11.6 Å². The lowest BCUT2D eigenvalue weighted by molar-refractivity contribution is 0.479. The summed E-state index contributed by atoms with van der Waals surface area (Å²) in [6.07, 6.45) is 0. The Labute approximate surface area is 156 Å². The largest absolute Gasteiger partial charge is 0.506 e. The maximum atomic E-state index is 10.5. The lowest BCUT2D eigenvalue weighted by Crippen LogP contribution is -2.16. The smallest absolute Gasteiger partial charge is 0.177 e. The molecule has 7 heteroatoms. The number of nitriles is 1. The summed E-state index contributed by atoms with van der Waals surface area (Å²) in [6, 6.07) is 13.0. The van der Waals surface area contributed by atoms with Gasteiger partial charge in [0.1, 0.15) is 22.3 Å². The van der Waals surface area contributed by atoms with Crippen LogP contribution in [0.25, 0.3) is 21.1 Å². The molecule has 26 heavy (non-hydrogen) atoms. The van der Waals surface area contributed by atoms with Crippen LogP contribution < -0.4 is 9.80 Å². The van der Waals surface area contributed by atoms with Gasteiger partial charge in [-0.05, 0) is 23.8 Å². The predicted octanol–water partition coefficient (Wildman–Crippen LogP) is 3.58. The van der Waals surface area contributed by atoms with E-state index in [1.54, 1.807) is 18.2 Å². The minimum atomic E-state index is 0.148. The van der Waals surface area contributed by atoms with Crippen molar-refractivity contribution in [3.63, 3.8) is 0 Å². The number of aromatic hydroxyl groups is 1. The molecule has 0 aliphatic heterocycles. The first kappa shape index (κ1) is 17.7. The van der Waals surface area contributed by atoms with Gasteiger partial charge < -0.3 is 14.9 Å². The average molecular weight is 365 g/mol.